The van der Waals surface area contributed by atoms with Crippen LogP contribution in [-0.2, 0) is 10.0 Å². The number of methoxy groups -OCH3 is 1. The van der Waals surface area contributed by atoms with Crippen LogP contribution in [0.25, 0.3) is 6.08 Å². The Kier molecular flexibility index (Phi) is 4.05. The molecule has 1 amide bonds. The minimum atomic E-state index is -4.04. The van der Waals surface area contributed by atoms with Crippen molar-refractivity contribution >= 4 is 27.8 Å². The van der Waals surface area contributed by atoms with E-state index in [1.807, 2.05) is 4.72 Å². The summed E-state index contributed by atoms with van der Waals surface area (Å²) >= 11 is 0. The van der Waals surface area contributed by atoms with Gasteiger partial charge in [-0.25, -0.2) is 13.1 Å². The highest BCUT2D eigenvalue weighted by molar-refractivity contribution is 7.90. The van der Waals surface area contributed by atoms with E-state index in [-0.39, 0.29) is 27.5 Å². The second kappa shape index (κ2) is 6.06. The number of hydrogen-bond donors (Lipinski definition) is 2. The first kappa shape index (κ1) is 16.7. The number of carbonyl (C=O) groups is 2. The molecule has 0 spiro atoms. The summed E-state index contributed by atoms with van der Waals surface area (Å²) < 4.78 is 30.9. The molecule has 1 heterocycles. The van der Waals surface area contributed by atoms with Gasteiger partial charge in [-0.3, -0.25) is 9.59 Å². The van der Waals surface area contributed by atoms with Gasteiger partial charge in [0.25, 0.3) is 15.9 Å². The predicted octanol–water partition coefficient (Wildman–Crippen LogP) is 1.73. The third-order valence-electron chi connectivity index (χ3n) is 3.65. The van der Waals surface area contributed by atoms with Crippen LogP contribution in [0.15, 0.2) is 47.4 Å². The number of phenolic OH excluding ortho intramolecular Hbond substituents is 1. The Morgan fingerprint density at radius 2 is 2.00 bits per heavy atom. The van der Waals surface area contributed by atoms with Gasteiger partial charge in [-0.15, -0.1) is 0 Å². The molecular formula is C17H13NO6S. The van der Waals surface area contributed by atoms with Gasteiger partial charge in [0.15, 0.2) is 17.3 Å². The minimum Gasteiger partial charge on any atom is -0.504 e. The molecule has 0 atom stereocenters. The summed E-state index contributed by atoms with van der Waals surface area (Å²) in [7, 11) is -2.64. The van der Waals surface area contributed by atoms with Crippen LogP contribution in [0.5, 0.6) is 11.5 Å². The van der Waals surface area contributed by atoms with Crippen LogP contribution in [0.1, 0.15) is 26.3 Å². The molecular weight excluding hydrogens is 346 g/mol. The zero-order valence-electron chi connectivity index (χ0n) is 13.0. The van der Waals surface area contributed by atoms with E-state index in [4.69, 9.17) is 4.74 Å². The summed E-state index contributed by atoms with van der Waals surface area (Å²) in [5, 5.41) is 9.56. The van der Waals surface area contributed by atoms with Crippen LogP contribution in [0.4, 0.5) is 0 Å². The molecule has 7 nitrogen and oxygen atoms in total. The van der Waals surface area contributed by atoms with E-state index in [1.165, 1.54) is 49.6 Å². The molecule has 128 valence electrons. The molecule has 3 rings (SSSR count). The maximum atomic E-state index is 12.4. The summed E-state index contributed by atoms with van der Waals surface area (Å²) in [6, 6.07) is 8.65. The lowest BCUT2D eigenvalue weighted by molar-refractivity contribution is 0.0985. The van der Waals surface area contributed by atoms with E-state index >= 15 is 0 Å². The van der Waals surface area contributed by atoms with Crippen molar-refractivity contribution in [2.75, 3.05) is 7.11 Å². The highest BCUT2D eigenvalue weighted by Crippen LogP contribution is 2.28. The lowest BCUT2D eigenvalue weighted by atomic mass is 10.1. The lowest BCUT2D eigenvalue weighted by Crippen LogP contribution is -2.21. The third-order valence-corrected chi connectivity index (χ3v) is 5.08. The Balaban J connectivity index is 1.97. The summed E-state index contributed by atoms with van der Waals surface area (Å²) in [5.41, 5.74) is 0.441. The molecule has 0 fully saturated rings. The number of rotatable bonds is 4. The number of hydrogen-bond acceptors (Lipinski definition) is 6. The summed E-state index contributed by atoms with van der Waals surface area (Å²) in [4.78, 5) is 23.8. The van der Waals surface area contributed by atoms with Crippen LogP contribution in [0.2, 0.25) is 0 Å². The largest absolute Gasteiger partial charge is 0.504 e. The minimum absolute atomic E-state index is 0.0393. The van der Waals surface area contributed by atoms with Gasteiger partial charge in [-0.1, -0.05) is 18.2 Å². The first-order valence-corrected chi connectivity index (χ1v) is 8.61. The molecule has 0 bridgehead atoms. The predicted molar refractivity (Wildman–Crippen MR) is 89.1 cm³/mol. The molecule has 0 radical (unpaired) electrons. The Bertz CT molecular complexity index is 1020. The molecule has 0 aromatic heterocycles. The van der Waals surface area contributed by atoms with Crippen LogP contribution in [0.3, 0.4) is 0 Å². The number of nitrogens with one attached hydrogen (secondary N) is 1. The summed E-state index contributed by atoms with van der Waals surface area (Å²) in [6.07, 6.45) is 2.65. The highest BCUT2D eigenvalue weighted by atomic mass is 32.2. The van der Waals surface area contributed by atoms with Gasteiger partial charge >= 0.3 is 0 Å². The van der Waals surface area contributed by atoms with Gasteiger partial charge in [-0.05, 0) is 35.9 Å². The van der Waals surface area contributed by atoms with Gasteiger partial charge in [0.1, 0.15) is 4.90 Å². The van der Waals surface area contributed by atoms with E-state index in [9.17, 15) is 23.1 Å². The molecule has 2 aromatic carbocycles. The van der Waals surface area contributed by atoms with Crippen molar-refractivity contribution in [3.63, 3.8) is 0 Å². The van der Waals surface area contributed by atoms with Crippen molar-refractivity contribution in [3.05, 3.63) is 59.2 Å². The number of phenols is 1. The van der Waals surface area contributed by atoms with Gasteiger partial charge in [0.05, 0.1) is 12.7 Å². The lowest BCUT2D eigenvalue weighted by Gasteiger charge is -2.04. The second-order valence-electron chi connectivity index (χ2n) is 5.25. The second-order valence-corrected chi connectivity index (χ2v) is 6.86. The SMILES string of the molecule is COc1cc(C=CC(=O)c2cccc3c2S(=O)(=O)NC3=O)ccc1O. The number of allylic oxidation sites excluding steroid dienone is 1. The molecule has 0 saturated carbocycles. The number of ether oxygens (including phenoxy) is 1. The normalized spacial score (nSPS) is 15.0. The van der Waals surface area contributed by atoms with E-state index < -0.39 is 21.7 Å². The molecule has 0 aliphatic carbocycles. The topological polar surface area (TPSA) is 110 Å². The zero-order chi connectivity index (χ0) is 18.2. The standard InChI is InChI=1S/C17H13NO6S/c1-24-15-9-10(6-8-14(15)20)5-7-13(19)11-3-2-4-12-16(11)25(22,23)18-17(12)21/h2-9,20H,1H3,(H,18,21). The third kappa shape index (κ3) is 2.99. The fraction of sp³-hybridized carbons (Fsp3) is 0.0588. The smallest absolute Gasteiger partial charge is 0.266 e. The average molecular weight is 359 g/mol. The Morgan fingerprint density at radius 1 is 1.24 bits per heavy atom. The molecule has 1 aliphatic heterocycles. The van der Waals surface area contributed by atoms with Crippen molar-refractivity contribution in [2.24, 2.45) is 0 Å². The number of amides is 1. The van der Waals surface area contributed by atoms with E-state index in [0.29, 0.717) is 5.56 Å². The quantitative estimate of drug-likeness (QED) is 0.635. The summed E-state index contributed by atoms with van der Waals surface area (Å²) in [5.74, 6) is -1.11. The van der Waals surface area contributed by atoms with Crippen LogP contribution in [0, 0.1) is 0 Å². The Labute approximate surface area is 143 Å². The number of fused-ring (bicyclic) bond motifs is 1. The molecule has 0 saturated heterocycles. The first-order valence-electron chi connectivity index (χ1n) is 7.13. The van der Waals surface area contributed by atoms with Gasteiger partial charge in [0.2, 0.25) is 0 Å². The van der Waals surface area contributed by atoms with Crippen molar-refractivity contribution in [2.45, 2.75) is 4.90 Å². The number of aromatic hydroxyl groups is 1. The van der Waals surface area contributed by atoms with Gasteiger partial charge in [0, 0.05) is 5.56 Å². The summed E-state index contributed by atoms with van der Waals surface area (Å²) in [6.45, 7) is 0. The van der Waals surface area contributed by atoms with Gasteiger partial charge in [-0.2, -0.15) is 0 Å². The molecule has 0 unspecified atom stereocenters. The Morgan fingerprint density at radius 3 is 2.72 bits per heavy atom. The molecule has 25 heavy (non-hydrogen) atoms. The fourth-order valence-electron chi connectivity index (χ4n) is 2.49. The maximum Gasteiger partial charge on any atom is 0.266 e. The van der Waals surface area contributed by atoms with E-state index in [2.05, 4.69) is 0 Å². The highest BCUT2D eigenvalue weighted by Gasteiger charge is 2.36. The van der Waals surface area contributed by atoms with E-state index in [1.54, 1.807) is 6.07 Å². The maximum absolute atomic E-state index is 12.4. The molecule has 1 aliphatic rings. The molecule has 2 aromatic rings. The van der Waals surface area contributed by atoms with Crippen LogP contribution in [-0.4, -0.2) is 32.3 Å². The number of sulfonamides is 1. The Hall–Kier alpha value is -3.13. The molecule has 8 heteroatoms. The van der Waals surface area contributed by atoms with Crippen molar-refractivity contribution < 1.29 is 27.9 Å². The monoisotopic (exact) mass is 359 g/mol. The first-order chi connectivity index (χ1) is 11.8. The average Bonchev–Trinajstić information content (AvgIpc) is 2.83. The number of benzene rings is 2. The van der Waals surface area contributed by atoms with E-state index in [0.717, 1.165) is 0 Å². The number of ketones is 1. The number of carbonyl (C=O) groups excluding carboxylic acids is 2. The zero-order valence-corrected chi connectivity index (χ0v) is 13.8. The van der Waals surface area contributed by atoms with Crippen LogP contribution < -0.4 is 9.46 Å². The van der Waals surface area contributed by atoms with Crippen molar-refractivity contribution in [1.29, 1.82) is 0 Å². The van der Waals surface area contributed by atoms with Crippen LogP contribution >= 0.6 is 0 Å². The van der Waals surface area contributed by atoms with Crippen molar-refractivity contribution in [1.82, 2.24) is 4.72 Å². The fourth-order valence-corrected chi connectivity index (χ4v) is 3.85. The van der Waals surface area contributed by atoms with Crippen molar-refractivity contribution in [3.8, 4) is 11.5 Å². The van der Waals surface area contributed by atoms with Gasteiger partial charge < -0.3 is 9.84 Å². The molecule has 2 N–H and O–H groups in total.